The SMILES string of the molecule is CC(C)(C)OC(=O)N1CC2CCC(C1)C21CCC1=O. The summed E-state index contributed by atoms with van der Waals surface area (Å²) in [6.45, 7) is 7.08. The molecule has 3 rings (SSSR count). The van der Waals surface area contributed by atoms with E-state index >= 15 is 0 Å². The standard InChI is InChI=1S/C15H23NO3/c1-14(2,3)19-13(18)16-8-10-4-5-11(9-16)15(10)7-6-12(15)17/h10-11H,4-9H2,1-3H3. The van der Waals surface area contributed by atoms with Crippen molar-refractivity contribution in [2.75, 3.05) is 13.1 Å². The first kappa shape index (κ1) is 12.9. The van der Waals surface area contributed by atoms with Crippen LogP contribution in [-0.2, 0) is 9.53 Å². The third kappa shape index (κ3) is 1.87. The molecule has 0 radical (unpaired) electrons. The van der Waals surface area contributed by atoms with Gasteiger partial charge in [0.15, 0.2) is 0 Å². The Bertz CT molecular complexity index is 410. The van der Waals surface area contributed by atoms with Gasteiger partial charge in [-0.1, -0.05) is 0 Å². The second-order valence-electron chi connectivity index (χ2n) is 7.32. The van der Waals surface area contributed by atoms with Crippen molar-refractivity contribution in [3.8, 4) is 0 Å². The van der Waals surface area contributed by atoms with E-state index in [1.165, 1.54) is 0 Å². The zero-order valence-electron chi connectivity index (χ0n) is 12.1. The van der Waals surface area contributed by atoms with Crippen molar-refractivity contribution in [2.24, 2.45) is 17.3 Å². The fraction of sp³-hybridized carbons (Fsp3) is 0.867. The maximum atomic E-state index is 12.2. The van der Waals surface area contributed by atoms with Crippen molar-refractivity contribution in [3.05, 3.63) is 0 Å². The molecule has 0 N–H and O–H groups in total. The molecule has 2 atom stereocenters. The fourth-order valence-electron chi connectivity index (χ4n) is 4.22. The molecule has 19 heavy (non-hydrogen) atoms. The van der Waals surface area contributed by atoms with E-state index in [0.29, 0.717) is 30.7 Å². The maximum absolute atomic E-state index is 12.2. The van der Waals surface area contributed by atoms with E-state index in [2.05, 4.69) is 0 Å². The Morgan fingerprint density at radius 1 is 1.26 bits per heavy atom. The number of piperidine rings is 1. The minimum atomic E-state index is -0.447. The molecule has 0 aromatic heterocycles. The Hall–Kier alpha value is -1.06. The molecule has 106 valence electrons. The highest BCUT2D eigenvalue weighted by atomic mass is 16.6. The molecular weight excluding hydrogens is 242 g/mol. The first-order valence-corrected chi connectivity index (χ1v) is 7.34. The van der Waals surface area contributed by atoms with Crippen molar-refractivity contribution in [3.63, 3.8) is 0 Å². The van der Waals surface area contributed by atoms with Crippen molar-refractivity contribution < 1.29 is 14.3 Å². The molecule has 2 aliphatic carbocycles. The third-order valence-corrected chi connectivity index (χ3v) is 5.14. The molecule has 1 aliphatic heterocycles. The molecule has 1 saturated heterocycles. The molecule has 4 heteroatoms. The summed E-state index contributed by atoms with van der Waals surface area (Å²) in [4.78, 5) is 26.0. The molecule has 1 amide bonds. The molecule has 1 heterocycles. The van der Waals surface area contributed by atoms with Gasteiger partial charge in [0, 0.05) is 24.9 Å². The second kappa shape index (κ2) is 3.97. The molecule has 2 saturated carbocycles. The van der Waals surface area contributed by atoms with Gasteiger partial charge < -0.3 is 9.64 Å². The molecule has 1 spiro atoms. The normalized spacial score (nSPS) is 37.4. The topological polar surface area (TPSA) is 46.6 Å². The van der Waals surface area contributed by atoms with Gasteiger partial charge >= 0.3 is 6.09 Å². The van der Waals surface area contributed by atoms with Crippen LogP contribution in [0.25, 0.3) is 0 Å². The monoisotopic (exact) mass is 265 g/mol. The summed E-state index contributed by atoms with van der Waals surface area (Å²) in [6, 6.07) is 0. The smallest absolute Gasteiger partial charge is 0.410 e. The predicted octanol–water partition coefficient (Wildman–Crippen LogP) is 2.61. The maximum Gasteiger partial charge on any atom is 0.410 e. The van der Waals surface area contributed by atoms with Crippen LogP contribution in [0.1, 0.15) is 46.5 Å². The van der Waals surface area contributed by atoms with Gasteiger partial charge in [-0.15, -0.1) is 0 Å². The van der Waals surface area contributed by atoms with Gasteiger partial charge in [-0.05, 0) is 51.9 Å². The highest BCUT2D eigenvalue weighted by molar-refractivity contribution is 5.92. The number of hydrogen-bond acceptors (Lipinski definition) is 3. The molecule has 2 bridgehead atoms. The van der Waals surface area contributed by atoms with Crippen LogP contribution in [-0.4, -0.2) is 35.5 Å². The van der Waals surface area contributed by atoms with Crippen LogP contribution in [0.15, 0.2) is 0 Å². The summed E-state index contributed by atoms with van der Waals surface area (Å²) in [7, 11) is 0. The minimum Gasteiger partial charge on any atom is -0.444 e. The number of amides is 1. The zero-order chi connectivity index (χ0) is 13.8. The van der Waals surface area contributed by atoms with E-state index < -0.39 is 5.60 Å². The summed E-state index contributed by atoms with van der Waals surface area (Å²) in [5.41, 5.74) is -0.504. The van der Waals surface area contributed by atoms with Crippen LogP contribution in [0.3, 0.4) is 0 Å². The van der Waals surface area contributed by atoms with E-state index in [1.54, 1.807) is 0 Å². The lowest BCUT2D eigenvalue weighted by Crippen LogP contribution is -2.59. The van der Waals surface area contributed by atoms with E-state index in [0.717, 1.165) is 25.7 Å². The molecule has 2 unspecified atom stereocenters. The zero-order valence-corrected chi connectivity index (χ0v) is 12.1. The number of ketones is 1. The number of Topliss-reactive ketones (excluding diaryl/α,β-unsaturated/α-hetero) is 1. The van der Waals surface area contributed by atoms with Gasteiger partial charge in [-0.3, -0.25) is 4.79 Å². The van der Waals surface area contributed by atoms with E-state index in [1.807, 2.05) is 25.7 Å². The van der Waals surface area contributed by atoms with Crippen LogP contribution < -0.4 is 0 Å². The number of rotatable bonds is 0. The number of hydrogen-bond donors (Lipinski definition) is 0. The summed E-state index contributed by atoms with van der Waals surface area (Å²) < 4.78 is 5.45. The first-order valence-electron chi connectivity index (χ1n) is 7.34. The molecular formula is C15H23NO3. The minimum absolute atomic E-state index is 0.0570. The van der Waals surface area contributed by atoms with Crippen molar-refractivity contribution in [1.82, 2.24) is 4.90 Å². The predicted molar refractivity (Wildman–Crippen MR) is 70.7 cm³/mol. The summed E-state index contributed by atoms with van der Waals surface area (Å²) >= 11 is 0. The van der Waals surface area contributed by atoms with E-state index in [-0.39, 0.29) is 11.5 Å². The molecule has 3 fully saturated rings. The van der Waals surface area contributed by atoms with Gasteiger partial charge in [0.2, 0.25) is 0 Å². The van der Waals surface area contributed by atoms with Crippen LogP contribution in [0.2, 0.25) is 0 Å². The van der Waals surface area contributed by atoms with Gasteiger partial charge in [0.05, 0.1) is 0 Å². The Kier molecular flexibility index (Phi) is 2.70. The Balaban J connectivity index is 1.71. The van der Waals surface area contributed by atoms with Gasteiger partial charge in [-0.25, -0.2) is 4.79 Å². The Morgan fingerprint density at radius 3 is 2.21 bits per heavy atom. The fourth-order valence-corrected chi connectivity index (χ4v) is 4.22. The lowest BCUT2D eigenvalue weighted by molar-refractivity contribution is -0.150. The second-order valence-corrected chi connectivity index (χ2v) is 7.32. The summed E-state index contributed by atoms with van der Waals surface area (Å²) in [5.74, 6) is 1.20. The van der Waals surface area contributed by atoms with Crippen LogP contribution in [0.4, 0.5) is 4.79 Å². The summed E-state index contributed by atoms with van der Waals surface area (Å²) in [5, 5.41) is 0. The van der Waals surface area contributed by atoms with Crippen molar-refractivity contribution in [1.29, 1.82) is 0 Å². The molecule has 3 aliphatic rings. The lowest BCUT2D eigenvalue weighted by Gasteiger charge is -2.51. The van der Waals surface area contributed by atoms with Gasteiger partial charge in [0.25, 0.3) is 0 Å². The van der Waals surface area contributed by atoms with E-state index in [9.17, 15) is 9.59 Å². The van der Waals surface area contributed by atoms with Crippen molar-refractivity contribution in [2.45, 2.75) is 52.1 Å². The van der Waals surface area contributed by atoms with Gasteiger partial charge in [0.1, 0.15) is 11.4 Å². The van der Waals surface area contributed by atoms with Crippen LogP contribution in [0.5, 0.6) is 0 Å². The molecule has 4 nitrogen and oxygen atoms in total. The van der Waals surface area contributed by atoms with Crippen LogP contribution >= 0.6 is 0 Å². The Morgan fingerprint density at radius 2 is 1.84 bits per heavy atom. The lowest BCUT2D eigenvalue weighted by atomic mass is 9.56. The Labute approximate surface area is 114 Å². The number of likely N-dealkylation sites (tertiary alicyclic amines) is 1. The van der Waals surface area contributed by atoms with E-state index in [4.69, 9.17) is 4.74 Å². The highest BCUT2D eigenvalue weighted by Crippen LogP contribution is 2.60. The number of ether oxygens (including phenoxy) is 1. The highest BCUT2D eigenvalue weighted by Gasteiger charge is 2.62. The third-order valence-electron chi connectivity index (χ3n) is 5.14. The van der Waals surface area contributed by atoms with Crippen LogP contribution in [0, 0.1) is 17.3 Å². The average molecular weight is 265 g/mol. The number of nitrogens with zero attached hydrogens (tertiary/aromatic N) is 1. The largest absolute Gasteiger partial charge is 0.444 e. The average Bonchev–Trinajstić information content (AvgIpc) is 2.52. The number of carbonyl (C=O) groups is 2. The summed E-state index contributed by atoms with van der Waals surface area (Å²) in [6.07, 6.45) is 3.76. The van der Waals surface area contributed by atoms with Crippen molar-refractivity contribution >= 4 is 11.9 Å². The number of carbonyl (C=O) groups excluding carboxylic acids is 2. The molecule has 0 aromatic carbocycles. The quantitative estimate of drug-likeness (QED) is 0.676. The van der Waals surface area contributed by atoms with Gasteiger partial charge in [-0.2, -0.15) is 0 Å². The first-order chi connectivity index (χ1) is 8.83. The molecule has 0 aromatic rings.